The fraction of sp³-hybridized carbons (Fsp3) is 0.500. The van der Waals surface area contributed by atoms with Gasteiger partial charge < -0.3 is 10.6 Å². The molecule has 0 saturated heterocycles. The fourth-order valence-electron chi connectivity index (χ4n) is 1.88. The third-order valence-electron chi connectivity index (χ3n) is 3.21. The summed E-state index contributed by atoms with van der Waals surface area (Å²) < 4.78 is 0. The van der Waals surface area contributed by atoms with Crippen LogP contribution in [0, 0.1) is 0 Å². The lowest BCUT2D eigenvalue weighted by Crippen LogP contribution is -2.41. The molecule has 2 N–H and O–H groups in total. The van der Waals surface area contributed by atoms with Gasteiger partial charge in [-0.25, -0.2) is 0 Å². The summed E-state index contributed by atoms with van der Waals surface area (Å²) in [6, 6.07) is 9.92. The van der Waals surface area contributed by atoms with E-state index in [1.165, 1.54) is 0 Å². The maximum atomic E-state index is 11.6. The van der Waals surface area contributed by atoms with Crippen LogP contribution < -0.4 is 10.6 Å². The predicted octanol–water partition coefficient (Wildman–Crippen LogP) is 2.21. The molecule has 4 nitrogen and oxygen atoms in total. The highest BCUT2D eigenvalue weighted by Gasteiger charge is 2.14. The first-order chi connectivity index (χ1) is 9.65. The van der Waals surface area contributed by atoms with Crippen molar-refractivity contribution in [3.8, 4) is 0 Å². The van der Waals surface area contributed by atoms with E-state index < -0.39 is 11.8 Å². The molecule has 0 radical (unpaired) electrons. The number of carbonyl (C=O) groups is 2. The number of unbranched alkanes of at least 4 members (excludes halogenated alkanes) is 2. The van der Waals surface area contributed by atoms with Crippen LogP contribution in [0.1, 0.15) is 44.6 Å². The highest BCUT2D eigenvalue weighted by atomic mass is 16.2. The van der Waals surface area contributed by atoms with E-state index in [1.54, 1.807) is 0 Å². The lowest BCUT2D eigenvalue weighted by molar-refractivity contribution is -0.139. The largest absolute Gasteiger partial charge is 0.348 e. The molecule has 0 aliphatic heterocycles. The van der Waals surface area contributed by atoms with Gasteiger partial charge in [0.05, 0.1) is 0 Å². The molecule has 0 aliphatic carbocycles. The van der Waals surface area contributed by atoms with Crippen molar-refractivity contribution in [2.24, 2.45) is 0 Å². The van der Waals surface area contributed by atoms with Crippen molar-refractivity contribution in [1.29, 1.82) is 0 Å². The summed E-state index contributed by atoms with van der Waals surface area (Å²) in [5, 5.41) is 5.30. The van der Waals surface area contributed by atoms with Crippen LogP contribution >= 0.6 is 0 Å². The van der Waals surface area contributed by atoms with Crippen molar-refractivity contribution in [2.45, 2.75) is 39.0 Å². The molecule has 1 atom stereocenters. The van der Waals surface area contributed by atoms with Gasteiger partial charge >= 0.3 is 11.8 Å². The maximum Gasteiger partial charge on any atom is 0.309 e. The van der Waals surface area contributed by atoms with Crippen LogP contribution in [-0.4, -0.2) is 24.9 Å². The zero-order valence-electron chi connectivity index (χ0n) is 12.3. The summed E-state index contributed by atoms with van der Waals surface area (Å²) in [6.45, 7) is 5.15. The summed E-state index contributed by atoms with van der Waals surface area (Å²) in [4.78, 5) is 23.2. The monoisotopic (exact) mass is 276 g/mol. The molecule has 110 valence electrons. The van der Waals surface area contributed by atoms with Gasteiger partial charge in [-0.1, -0.05) is 57.0 Å². The topological polar surface area (TPSA) is 58.2 Å². The first kappa shape index (κ1) is 16.2. The molecule has 1 aromatic carbocycles. The Labute approximate surface area is 121 Å². The van der Waals surface area contributed by atoms with Gasteiger partial charge in [-0.15, -0.1) is 0 Å². The second-order valence-electron chi connectivity index (χ2n) is 4.98. The molecule has 1 aromatic rings. The third-order valence-corrected chi connectivity index (χ3v) is 3.21. The Balaban J connectivity index is 2.27. The van der Waals surface area contributed by atoms with E-state index in [0.717, 1.165) is 24.8 Å². The smallest absolute Gasteiger partial charge is 0.309 e. The lowest BCUT2D eigenvalue weighted by Gasteiger charge is -2.12. The van der Waals surface area contributed by atoms with Crippen LogP contribution in [0.25, 0.3) is 0 Å². The number of amides is 2. The molecule has 4 heteroatoms. The summed E-state index contributed by atoms with van der Waals surface area (Å²) >= 11 is 0. The molecule has 0 fully saturated rings. The van der Waals surface area contributed by atoms with E-state index in [0.29, 0.717) is 13.1 Å². The van der Waals surface area contributed by atoms with E-state index in [2.05, 4.69) is 17.6 Å². The second kappa shape index (κ2) is 9.13. The average Bonchev–Trinajstić information content (AvgIpc) is 2.49. The van der Waals surface area contributed by atoms with Gasteiger partial charge in [-0.2, -0.15) is 0 Å². The van der Waals surface area contributed by atoms with Gasteiger partial charge in [0, 0.05) is 13.1 Å². The van der Waals surface area contributed by atoms with E-state index >= 15 is 0 Å². The average molecular weight is 276 g/mol. The second-order valence-corrected chi connectivity index (χ2v) is 4.98. The van der Waals surface area contributed by atoms with Crippen molar-refractivity contribution in [1.82, 2.24) is 10.6 Å². The van der Waals surface area contributed by atoms with Gasteiger partial charge in [0.2, 0.25) is 0 Å². The summed E-state index contributed by atoms with van der Waals surface area (Å²) in [6.07, 6.45) is 3.07. The van der Waals surface area contributed by atoms with Crippen LogP contribution in [0.4, 0.5) is 0 Å². The van der Waals surface area contributed by atoms with Crippen LogP contribution in [0.15, 0.2) is 30.3 Å². The number of hydrogen-bond acceptors (Lipinski definition) is 2. The minimum absolute atomic E-state index is 0.188. The third kappa shape index (κ3) is 5.87. The molecule has 0 saturated carbocycles. The Bertz CT molecular complexity index is 418. The van der Waals surface area contributed by atoms with Crippen LogP contribution in [0.2, 0.25) is 0 Å². The van der Waals surface area contributed by atoms with Crippen molar-refractivity contribution in [2.75, 3.05) is 13.1 Å². The maximum absolute atomic E-state index is 11.6. The molecule has 0 spiro atoms. The molecule has 20 heavy (non-hydrogen) atoms. The van der Waals surface area contributed by atoms with Gasteiger partial charge in [0.15, 0.2) is 0 Å². The van der Waals surface area contributed by atoms with Crippen LogP contribution in [-0.2, 0) is 9.59 Å². The molecular weight excluding hydrogens is 252 g/mol. The quantitative estimate of drug-likeness (QED) is 0.592. The Hall–Kier alpha value is -1.84. The Morgan fingerprint density at radius 2 is 1.70 bits per heavy atom. The van der Waals surface area contributed by atoms with Crippen molar-refractivity contribution < 1.29 is 9.59 Å². The number of carbonyl (C=O) groups excluding carboxylic acids is 2. The van der Waals surface area contributed by atoms with E-state index in [-0.39, 0.29) is 5.92 Å². The van der Waals surface area contributed by atoms with Gasteiger partial charge in [-0.05, 0) is 17.9 Å². The van der Waals surface area contributed by atoms with Gasteiger partial charge in [-0.3, -0.25) is 9.59 Å². The highest BCUT2D eigenvalue weighted by Crippen LogP contribution is 2.12. The number of nitrogens with one attached hydrogen (secondary N) is 2. The number of hydrogen-bond donors (Lipinski definition) is 2. The van der Waals surface area contributed by atoms with Gasteiger partial charge in [0.1, 0.15) is 0 Å². The number of rotatable bonds is 7. The molecule has 0 aliphatic rings. The molecule has 0 heterocycles. The zero-order valence-corrected chi connectivity index (χ0v) is 12.3. The zero-order chi connectivity index (χ0) is 14.8. The molecule has 0 bridgehead atoms. The van der Waals surface area contributed by atoms with E-state index in [1.807, 2.05) is 37.3 Å². The Morgan fingerprint density at radius 3 is 2.35 bits per heavy atom. The summed E-state index contributed by atoms with van der Waals surface area (Å²) in [7, 11) is 0. The first-order valence-electron chi connectivity index (χ1n) is 7.26. The first-order valence-corrected chi connectivity index (χ1v) is 7.26. The van der Waals surface area contributed by atoms with Crippen LogP contribution in [0.3, 0.4) is 0 Å². The standard InChI is InChI=1S/C16H24N2O2/c1-3-4-8-11-17-15(19)16(20)18-12-13(2)14-9-6-5-7-10-14/h5-7,9-10,13H,3-4,8,11-12H2,1-2H3,(H,17,19)(H,18,20)/t13-/m1/s1. The SMILES string of the molecule is CCCCCNC(=O)C(=O)NC[C@@H](C)c1ccccc1. The van der Waals surface area contributed by atoms with E-state index in [9.17, 15) is 9.59 Å². The fourth-order valence-corrected chi connectivity index (χ4v) is 1.88. The van der Waals surface area contributed by atoms with Crippen molar-refractivity contribution in [3.05, 3.63) is 35.9 Å². The molecule has 0 unspecified atom stereocenters. The normalized spacial score (nSPS) is 11.7. The molecular formula is C16H24N2O2. The lowest BCUT2D eigenvalue weighted by atomic mass is 10.0. The Morgan fingerprint density at radius 1 is 1.05 bits per heavy atom. The van der Waals surface area contributed by atoms with E-state index in [4.69, 9.17) is 0 Å². The highest BCUT2D eigenvalue weighted by molar-refractivity contribution is 6.35. The van der Waals surface area contributed by atoms with Gasteiger partial charge in [0.25, 0.3) is 0 Å². The van der Waals surface area contributed by atoms with Crippen molar-refractivity contribution >= 4 is 11.8 Å². The molecule has 2 amide bonds. The predicted molar refractivity (Wildman–Crippen MR) is 80.4 cm³/mol. The minimum atomic E-state index is -0.552. The molecule has 0 aromatic heterocycles. The number of benzene rings is 1. The van der Waals surface area contributed by atoms with Crippen LogP contribution in [0.5, 0.6) is 0 Å². The summed E-state index contributed by atoms with van der Waals surface area (Å²) in [5.41, 5.74) is 1.15. The minimum Gasteiger partial charge on any atom is -0.348 e. The van der Waals surface area contributed by atoms with Crippen molar-refractivity contribution in [3.63, 3.8) is 0 Å². The summed E-state index contributed by atoms with van der Waals surface area (Å²) in [5.74, 6) is -0.904. The molecule has 1 rings (SSSR count). The Kier molecular flexibility index (Phi) is 7.40.